The van der Waals surface area contributed by atoms with E-state index in [9.17, 15) is 19.3 Å². The summed E-state index contributed by atoms with van der Waals surface area (Å²) in [7, 11) is 0. The summed E-state index contributed by atoms with van der Waals surface area (Å²) >= 11 is 0. The Morgan fingerprint density at radius 3 is 2.82 bits per heavy atom. The average molecular weight is 410 g/mol. The Morgan fingerprint density at radius 1 is 1.36 bits per heavy atom. The predicted molar refractivity (Wildman–Crippen MR) is 105 cm³/mol. The van der Waals surface area contributed by atoms with Crippen molar-refractivity contribution < 1.29 is 18.8 Å². The molecule has 9 heteroatoms. The zero-order chi connectivity index (χ0) is 19.4. The summed E-state index contributed by atoms with van der Waals surface area (Å²) in [5.74, 6) is -0.583. The first-order valence-electron chi connectivity index (χ1n) is 8.69. The van der Waals surface area contributed by atoms with Gasteiger partial charge in [0.15, 0.2) is 5.75 Å². The number of piperazine rings is 1. The molecule has 0 aromatic heterocycles. The molecule has 0 spiro atoms. The SMILES string of the molecule is CCOc1ccc(C(=O)N2CCNCC2c2cccc(F)c2)cc1[N+](=O)[O-].Cl. The molecule has 0 bridgehead atoms. The molecule has 1 aliphatic heterocycles. The van der Waals surface area contributed by atoms with E-state index in [2.05, 4.69) is 5.32 Å². The van der Waals surface area contributed by atoms with E-state index in [0.29, 0.717) is 25.2 Å². The molecule has 1 aliphatic rings. The minimum Gasteiger partial charge on any atom is -0.487 e. The van der Waals surface area contributed by atoms with Gasteiger partial charge in [0.25, 0.3) is 5.91 Å². The first kappa shape index (κ1) is 21.6. The van der Waals surface area contributed by atoms with Gasteiger partial charge in [0.2, 0.25) is 0 Å². The molecule has 1 heterocycles. The van der Waals surface area contributed by atoms with E-state index in [1.54, 1.807) is 24.0 Å². The van der Waals surface area contributed by atoms with Gasteiger partial charge >= 0.3 is 5.69 Å². The highest BCUT2D eigenvalue weighted by molar-refractivity contribution is 5.95. The van der Waals surface area contributed by atoms with Crippen LogP contribution in [0.3, 0.4) is 0 Å². The third kappa shape index (κ3) is 4.58. The lowest BCUT2D eigenvalue weighted by Crippen LogP contribution is -2.48. The quantitative estimate of drug-likeness (QED) is 0.604. The molecule has 0 aliphatic carbocycles. The molecular weight excluding hydrogens is 389 g/mol. The second-order valence-electron chi connectivity index (χ2n) is 6.15. The zero-order valence-electron chi connectivity index (χ0n) is 15.3. The second-order valence-corrected chi connectivity index (χ2v) is 6.15. The van der Waals surface area contributed by atoms with Gasteiger partial charge in [0.05, 0.1) is 17.6 Å². The number of amides is 1. The summed E-state index contributed by atoms with van der Waals surface area (Å²) in [6, 6.07) is 9.95. The number of halogens is 2. The summed E-state index contributed by atoms with van der Waals surface area (Å²) in [5.41, 5.74) is 0.629. The van der Waals surface area contributed by atoms with Gasteiger partial charge in [-0.25, -0.2) is 4.39 Å². The van der Waals surface area contributed by atoms with Crippen LogP contribution < -0.4 is 10.1 Å². The Hall–Kier alpha value is -2.71. The number of hydrogen-bond acceptors (Lipinski definition) is 5. The van der Waals surface area contributed by atoms with Gasteiger partial charge in [-0.15, -0.1) is 12.4 Å². The summed E-state index contributed by atoms with van der Waals surface area (Å²) in [6.07, 6.45) is 0. The minimum atomic E-state index is -0.566. The van der Waals surface area contributed by atoms with Crippen LogP contribution in [0, 0.1) is 15.9 Å². The maximum Gasteiger partial charge on any atom is 0.311 e. The normalized spacial score (nSPS) is 16.2. The van der Waals surface area contributed by atoms with Crippen molar-refractivity contribution in [3.63, 3.8) is 0 Å². The summed E-state index contributed by atoms with van der Waals surface area (Å²) in [5, 5.41) is 14.5. The molecule has 2 aromatic rings. The van der Waals surface area contributed by atoms with Crippen molar-refractivity contribution in [2.45, 2.75) is 13.0 Å². The number of ether oxygens (including phenoxy) is 1. The lowest BCUT2D eigenvalue weighted by Gasteiger charge is -2.36. The first-order valence-corrected chi connectivity index (χ1v) is 8.69. The van der Waals surface area contributed by atoms with Crippen LogP contribution >= 0.6 is 12.4 Å². The van der Waals surface area contributed by atoms with Gasteiger partial charge in [-0.3, -0.25) is 14.9 Å². The maximum atomic E-state index is 13.6. The number of nitro benzene ring substituents is 1. The van der Waals surface area contributed by atoms with Crippen LogP contribution in [0.15, 0.2) is 42.5 Å². The van der Waals surface area contributed by atoms with E-state index in [-0.39, 0.29) is 53.8 Å². The van der Waals surface area contributed by atoms with Crippen molar-refractivity contribution in [3.8, 4) is 5.75 Å². The Labute approximate surface area is 168 Å². The summed E-state index contributed by atoms with van der Waals surface area (Å²) in [4.78, 5) is 25.4. The van der Waals surface area contributed by atoms with Crippen molar-refractivity contribution in [2.75, 3.05) is 26.2 Å². The minimum absolute atomic E-state index is 0. The average Bonchev–Trinajstić information content (AvgIpc) is 2.68. The number of carbonyl (C=O) groups excluding carboxylic acids is 1. The number of nitrogens with zero attached hydrogens (tertiary/aromatic N) is 2. The molecule has 2 aromatic carbocycles. The molecule has 7 nitrogen and oxygen atoms in total. The molecule has 1 amide bonds. The molecule has 0 saturated carbocycles. The van der Waals surface area contributed by atoms with E-state index in [1.807, 2.05) is 0 Å². The molecule has 1 unspecified atom stereocenters. The fourth-order valence-electron chi connectivity index (χ4n) is 3.20. The van der Waals surface area contributed by atoms with E-state index >= 15 is 0 Å². The molecule has 1 atom stereocenters. The lowest BCUT2D eigenvalue weighted by molar-refractivity contribution is -0.385. The van der Waals surface area contributed by atoms with Crippen LogP contribution in [0.1, 0.15) is 28.9 Å². The van der Waals surface area contributed by atoms with Crippen molar-refractivity contribution >= 4 is 24.0 Å². The molecule has 28 heavy (non-hydrogen) atoms. The van der Waals surface area contributed by atoms with Crippen LogP contribution in [0.5, 0.6) is 5.75 Å². The highest BCUT2D eigenvalue weighted by Gasteiger charge is 2.30. The Morgan fingerprint density at radius 2 is 2.14 bits per heavy atom. The molecule has 1 saturated heterocycles. The largest absolute Gasteiger partial charge is 0.487 e. The number of benzene rings is 2. The maximum absolute atomic E-state index is 13.6. The Kier molecular flexibility index (Phi) is 7.31. The van der Waals surface area contributed by atoms with Gasteiger partial charge < -0.3 is 15.0 Å². The fourth-order valence-corrected chi connectivity index (χ4v) is 3.20. The van der Waals surface area contributed by atoms with Crippen LogP contribution in [0.25, 0.3) is 0 Å². The van der Waals surface area contributed by atoms with E-state index in [1.165, 1.54) is 30.3 Å². The van der Waals surface area contributed by atoms with Crippen LogP contribution in [0.4, 0.5) is 10.1 Å². The third-order valence-electron chi connectivity index (χ3n) is 4.44. The number of hydrogen-bond donors (Lipinski definition) is 1. The van der Waals surface area contributed by atoms with Gasteiger partial charge in [-0.1, -0.05) is 12.1 Å². The number of carbonyl (C=O) groups is 1. The topological polar surface area (TPSA) is 84.7 Å². The van der Waals surface area contributed by atoms with E-state index in [0.717, 1.165) is 0 Å². The lowest BCUT2D eigenvalue weighted by atomic mass is 10.0. The van der Waals surface area contributed by atoms with Crippen molar-refractivity contribution in [1.29, 1.82) is 0 Å². The van der Waals surface area contributed by atoms with Gasteiger partial charge in [-0.05, 0) is 36.8 Å². The van der Waals surface area contributed by atoms with Gasteiger partial charge in [0.1, 0.15) is 5.82 Å². The predicted octanol–water partition coefficient (Wildman–Crippen LogP) is 3.34. The number of nitro groups is 1. The monoisotopic (exact) mass is 409 g/mol. The Bertz CT molecular complexity index is 865. The van der Waals surface area contributed by atoms with Crippen molar-refractivity contribution in [2.24, 2.45) is 0 Å². The first-order chi connectivity index (χ1) is 13.0. The Balaban J connectivity index is 0.00000280. The van der Waals surface area contributed by atoms with Crippen LogP contribution in [-0.2, 0) is 0 Å². The van der Waals surface area contributed by atoms with Gasteiger partial charge in [-0.2, -0.15) is 0 Å². The fraction of sp³-hybridized carbons (Fsp3) is 0.316. The summed E-state index contributed by atoms with van der Waals surface area (Å²) < 4.78 is 18.9. The van der Waals surface area contributed by atoms with Gasteiger partial charge in [0, 0.05) is 31.3 Å². The number of nitrogens with one attached hydrogen (secondary N) is 1. The zero-order valence-corrected chi connectivity index (χ0v) is 16.1. The van der Waals surface area contributed by atoms with Crippen molar-refractivity contribution in [3.05, 3.63) is 69.5 Å². The highest BCUT2D eigenvalue weighted by Crippen LogP contribution is 2.30. The van der Waals surface area contributed by atoms with Crippen molar-refractivity contribution in [1.82, 2.24) is 10.2 Å². The second kappa shape index (κ2) is 9.48. The molecular formula is C19H21ClFN3O4. The third-order valence-corrected chi connectivity index (χ3v) is 4.44. The van der Waals surface area contributed by atoms with E-state index < -0.39 is 4.92 Å². The van der Waals surface area contributed by atoms with E-state index in [4.69, 9.17) is 4.74 Å². The molecule has 1 N–H and O–H groups in total. The number of rotatable bonds is 5. The molecule has 1 fully saturated rings. The van der Waals surface area contributed by atoms with Crippen LogP contribution in [-0.4, -0.2) is 42.0 Å². The standard InChI is InChI=1S/C19H20FN3O4.ClH/c1-2-27-18-7-6-14(11-16(18)23(25)26)19(24)22-9-8-21-12-17(22)13-4-3-5-15(20)10-13;/h3-7,10-11,17,21H,2,8-9,12H2,1H3;1H. The molecule has 3 rings (SSSR count). The molecule has 0 radical (unpaired) electrons. The summed E-state index contributed by atoms with van der Waals surface area (Å²) in [6.45, 7) is 3.51. The highest BCUT2D eigenvalue weighted by atomic mass is 35.5. The molecule has 150 valence electrons. The smallest absolute Gasteiger partial charge is 0.311 e. The van der Waals surface area contributed by atoms with Crippen LogP contribution in [0.2, 0.25) is 0 Å².